The fourth-order valence-electron chi connectivity index (χ4n) is 3.50. The Kier molecular flexibility index (Phi) is 6.85. The van der Waals surface area contributed by atoms with Crippen molar-refractivity contribution < 1.29 is 9.59 Å². The van der Waals surface area contributed by atoms with E-state index < -0.39 is 0 Å². The summed E-state index contributed by atoms with van der Waals surface area (Å²) in [5.74, 6) is 0.365. The zero-order valence-electron chi connectivity index (χ0n) is 17.0. The molecule has 0 saturated carbocycles. The lowest BCUT2D eigenvalue weighted by Gasteiger charge is -2.33. The lowest BCUT2D eigenvalue weighted by molar-refractivity contribution is -0.126. The molecule has 1 fully saturated rings. The Morgan fingerprint density at radius 1 is 1.08 bits per heavy atom. The molecule has 144 valence electrons. The molecule has 26 heavy (non-hydrogen) atoms. The van der Waals surface area contributed by atoms with Gasteiger partial charge in [-0.2, -0.15) is 0 Å². The second-order valence-corrected chi connectivity index (χ2v) is 8.42. The Hall–Kier alpha value is -1.84. The fourth-order valence-corrected chi connectivity index (χ4v) is 3.50. The largest absolute Gasteiger partial charge is 0.353 e. The lowest BCUT2D eigenvalue weighted by atomic mass is 9.86. The maximum Gasteiger partial charge on any atom is 0.253 e. The van der Waals surface area contributed by atoms with Gasteiger partial charge in [0.1, 0.15) is 0 Å². The molecule has 0 aliphatic carbocycles. The predicted octanol–water partition coefficient (Wildman–Crippen LogP) is 4.14. The van der Waals surface area contributed by atoms with E-state index in [9.17, 15) is 9.59 Å². The van der Waals surface area contributed by atoms with Gasteiger partial charge < -0.3 is 10.2 Å². The highest BCUT2D eigenvalue weighted by Gasteiger charge is 2.26. The Labute approximate surface area is 158 Å². The third-order valence-corrected chi connectivity index (χ3v) is 5.48. The number of nitrogens with one attached hydrogen (secondary N) is 1. The minimum absolute atomic E-state index is 0.0902. The minimum atomic E-state index is 0.0902. The molecule has 4 nitrogen and oxygen atoms in total. The zero-order valence-corrected chi connectivity index (χ0v) is 17.0. The highest BCUT2D eigenvalue weighted by Crippen LogP contribution is 2.23. The molecule has 0 atom stereocenters. The van der Waals surface area contributed by atoms with Gasteiger partial charge >= 0.3 is 0 Å². The molecule has 4 heteroatoms. The van der Waals surface area contributed by atoms with Crippen LogP contribution in [0, 0.1) is 5.92 Å². The Balaban J connectivity index is 1.89. The number of benzene rings is 1. The number of rotatable bonds is 5. The highest BCUT2D eigenvalue weighted by molar-refractivity contribution is 5.94. The minimum Gasteiger partial charge on any atom is -0.353 e. The normalized spacial score (nSPS) is 16.0. The van der Waals surface area contributed by atoms with E-state index in [2.05, 4.69) is 52.1 Å². The Morgan fingerprint density at radius 3 is 2.08 bits per heavy atom. The van der Waals surface area contributed by atoms with Gasteiger partial charge in [-0.3, -0.25) is 9.59 Å². The molecule has 2 amide bonds. The van der Waals surface area contributed by atoms with Crippen molar-refractivity contribution in [2.75, 3.05) is 13.1 Å². The zero-order chi connectivity index (χ0) is 19.3. The number of amides is 2. The van der Waals surface area contributed by atoms with Gasteiger partial charge in [-0.25, -0.2) is 0 Å². The van der Waals surface area contributed by atoms with Crippen LogP contribution in [0.15, 0.2) is 24.3 Å². The molecular weight excluding hydrogens is 324 g/mol. The van der Waals surface area contributed by atoms with Crippen LogP contribution in [0.1, 0.15) is 76.2 Å². The van der Waals surface area contributed by atoms with Crippen LogP contribution < -0.4 is 5.32 Å². The average molecular weight is 359 g/mol. The molecule has 0 bridgehead atoms. The summed E-state index contributed by atoms with van der Waals surface area (Å²) in [5, 5.41) is 3.17. The van der Waals surface area contributed by atoms with Crippen molar-refractivity contribution in [3.05, 3.63) is 35.4 Å². The van der Waals surface area contributed by atoms with Crippen LogP contribution in [0.2, 0.25) is 0 Å². The van der Waals surface area contributed by atoms with Gasteiger partial charge in [-0.15, -0.1) is 0 Å². The van der Waals surface area contributed by atoms with Gasteiger partial charge in [-0.1, -0.05) is 46.8 Å². The Morgan fingerprint density at radius 2 is 1.62 bits per heavy atom. The summed E-state index contributed by atoms with van der Waals surface area (Å²) in [5.41, 5.74) is 2.07. The van der Waals surface area contributed by atoms with Crippen molar-refractivity contribution in [1.82, 2.24) is 10.2 Å². The van der Waals surface area contributed by atoms with E-state index in [1.807, 2.05) is 17.0 Å². The molecule has 1 aliphatic rings. The summed E-state index contributed by atoms with van der Waals surface area (Å²) in [6.07, 6.45) is 3.42. The van der Waals surface area contributed by atoms with E-state index in [-0.39, 0.29) is 29.2 Å². The van der Waals surface area contributed by atoms with Crippen LogP contribution >= 0.6 is 0 Å². The molecule has 0 radical (unpaired) electrons. The molecular formula is C22H34N2O2. The molecule has 0 spiro atoms. The standard InChI is InChI=1S/C22H34N2O2/c1-6-16(7-2)20(25)23-19-12-14-24(15-13-19)21(26)17-8-10-18(11-9-17)22(3,4)5/h8-11,16,19H,6-7,12-15H2,1-5H3,(H,23,25). The van der Waals surface area contributed by atoms with Gasteiger partial charge in [0.05, 0.1) is 0 Å². The van der Waals surface area contributed by atoms with Gasteiger partial charge in [0.25, 0.3) is 5.91 Å². The van der Waals surface area contributed by atoms with Gasteiger partial charge in [0.2, 0.25) is 5.91 Å². The quantitative estimate of drug-likeness (QED) is 0.860. The van der Waals surface area contributed by atoms with E-state index in [0.29, 0.717) is 13.1 Å². The predicted molar refractivity (Wildman–Crippen MR) is 106 cm³/mol. The SMILES string of the molecule is CCC(CC)C(=O)NC1CCN(C(=O)c2ccc(C(C)(C)C)cc2)CC1. The van der Waals surface area contributed by atoms with Crippen molar-refractivity contribution in [1.29, 1.82) is 0 Å². The smallest absolute Gasteiger partial charge is 0.253 e. The summed E-state index contributed by atoms with van der Waals surface area (Å²) < 4.78 is 0. The Bertz CT molecular complexity index is 604. The first kappa shape index (κ1) is 20.5. The summed E-state index contributed by atoms with van der Waals surface area (Å²) in [6, 6.07) is 8.16. The average Bonchev–Trinajstić information content (AvgIpc) is 2.62. The maximum absolute atomic E-state index is 12.7. The van der Waals surface area contributed by atoms with E-state index in [4.69, 9.17) is 0 Å². The topological polar surface area (TPSA) is 49.4 Å². The van der Waals surface area contributed by atoms with E-state index >= 15 is 0 Å². The third-order valence-electron chi connectivity index (χ3n) is 5.48. The number of piperidine rings is 1. The molecule has 1 aromatic carbocycles. The lowest BCUT2D eigenvalue weighted by Crippen LogP contribution is -2.47. The van der Waals surface area contributed by atoms with Crippen LogP contribution in [0.3, 0.4) is 0 Å². The molecule has 1 aromatic rings. The number of carbonyl (C=O) groups excluding carboxylic acids is 2. The van der Waals surface area contributed by atoms with Crippen molar-refractivity contribution in [3.63, 3.8) is 0 Å². The van der Waals surface area contributed by atoms with Crippen molar-refractivity contribution >= 4 is 11.8 Å². The number of likely N-dealkylation sites (tertiary alicyclic amines) is 1. The van der Waals surface area contributed by atoms with Crippen LogP contribution in [-0.2, 0) is 10.2 Å². The van der Waals surface area contributed by atoms with Crippen molar-refractivity contribution in [2.45, 2.75) is 71.8 Å². The highest BCUT2D eigenvalue weighted by atomic mass is 16.2. The second-order valence-electron chi connectivity index (χ2n) is 8.42. The number of hydrogen-bond donors (Lipinski definition) is 1. The van der Waals surface area contributed by atoms with Crippen LogP contribution in [0.4, 0.5) is 0 Å². The maximum atomic E-state index is 12.7. The first-order valence-electron chi connectivity index (χ1n) is 9.96. The van der Waals surface area contributed by atoms with E-state index in [0.717, 1.165) is 31.2 Å². The van der Waals surface area contributed by atoms with Crippen LogP contribution in [0.25, 0.3) is 0 Å². The summed E-state index contributed by atoms with van der Waals surface area (Å²) >= 11 is 0. The molecule has 1 aliphatic heterocycles. The molecule has 1 saturated heterocycles. The van der Waals surface area contributed by atoms with Crippen LogP contribution in [-0.4, -0.2) is 35.8 Å². The number of nitrogens with zero attached hydrogens (tertiary/aromatic N) is 1. The molecule has 2 rings (SSSR count). The molecule has 0 aromatic heterocycles. The number of hydrogen-bond acceptors (Lipinski definition) is 2. The first-order chi connectivity index (χ1) is 12.3. The van der Waals surface area contributed by atoms with Gasteiger partial charge in [0.15, 0.2) is 0 Å². The monoisotopic (exact) mass is 358 g/mol. The third kappa shape index (κ3) is 5.09. The molecule has 1 N–H and O–H groups in total. The molecule has 0 unspecified atom stereocenters. The summed E-state index contributed by atoms with van der Waals surface area (Å²) in [4.78, 5) is 26.9. The van der Waals surface area contributed by atoms with Crippen molar-refractivity contribution in [2.24, 2.45) is 5.92 Å². The second kappa shape index (κ2) is 8.70. The van der Waals surface area contributed by atoms with Crippen molar-refractivity contribution in [3.8, 4) is 0 Å². The summed E-state index contributed by atoms with van der Waals surface area (Å²) in [6.45, 7) is 12.0. The van der Waals surface area contributed by atoms with E-state index in [1.165, 1.54) is 5.56 Å². The van der Waals surface area contributed by atoms with Gasteiger partial charge in [-0.05, 0) is 48.8 Å². The number of carbonyl (C=O) groups is 2. The first-order valence-corrected chi connectivity index (χ1v) is 9.96. The fraction of sp³-hybridized carbons (Fsp3) is 0.636. The molecule has 1 heterocycles. The van der Waals surface area contributed by atoms with Crippen LogP contribution in [0.5, 0.6) is 0 Å². The van der Waals surface area contributed by atoms with Gasteiger partial charge in [0, 0.05) is 30.6 Å². The summed E-state index contributed by atoms with van der Waals surface area (Å²) in [7, 11) is 0. The van der Waals surface area contributed by atoms with E-state index in [1.54, 1.807) is 0 Å².